The highest BCUT2D eigenvalue weighted by atomic mass is 16.5. The molecule has 0 unspecified atom stereocenters. The summed E-state index contributed by atoms with van der Waals surface area (Å²) in [4.78, 5) is 36.1. The highest BCUT2D eigenvalue weighted by molar-refractivity contribution is 5.97. The molecule has 0 aromatic heterocycles. The first-order chi connectivity index (χ1) is 10.0. The number of carbonyl (C=O) groups is 3. The Balaban J connectivity index is 2.32. The van der Waals surface area contributed by atoms with Gasteiger partial charge in [0.1, 0.15) is 0 Å². The Bertz CT molecular complexity index is 488. The number of nitrogens with zero attached hydrogens (tertiary/aromatic N) is 1. The van der Waals surface area contributed by atoms with Crippen molar-refractivity contribution in [2.45, 2.75) is 13.3 Å². The minimum atomic E-state index is -0.442. The van der Waals surface area contributed by atoms with E-state index in [0.717, 1.165) is 5.56 Å². The largest absolute Gasteiger partial charge is 0.465 e. The van der Waals surface area contributed by atoms with Crippen LogP contribution in [0.1, 0.15) is 12.5 Å². The molecule has 0 fully saturated rings. The monoisotopic (exact) mass is 292 g/mol. The molecule has 0 bridgehead atoms. The molecule has 0 radical (unpaired) electrons. The van der Waals surface area contributed by atoms with E-state index in [2.05, 4.69) is 5.32 Å². The molecule has 1 aromatic rings. The molecular formula is C15H20N2O4. The van der Waals surface area contributed by atoms with Gasteiger partial charge in [0, 0.05) is 0 Å². The highest BCUT2D eigenvalue weighted by Crippen LogP contribution is 1.99. The van der Waals surface area contributed by atoms with Crippen LogP contribution in [0, 0.1) is 0 Å². The van der Waals surface area contributed by atoms with E-state index < -0.39 is 11.9 Å². The van der Waals surface area contributed by atoms with E-state index in [1.807, 2.05) is 30.3 Å². The van der Waals surface area contributed by atoms with Gasteiger partial charge in [-0.25, -0.2) is 0 Å². The number of carbonyl (C=O) groups excluding carboxylic acids is 3. The summed E-state index contributed by atoms with van der Waals surface area (Å²) < 4.78 is 4.77. The van der Waals surface area contributed by atoms with E-state index in [0.29, 0.717) is 6.61 Å². The van der Waals surface area contributed by atoms with Gasteiger partial charge in [0.15, 0.2) is 0 Å². The van der Waals surface area contributed by atoms with Gasteiger partial charge in [-0.2, -0.15) is 0 Å². The van der Waals surface area contributed by atoms with Gasteiger partial charge < -0.3 is 4.74 Å². The molecule has 0 atom stereocenters. The average Bonchev–Trinajstić information content (AvgIpc) is 2.39. The molecule has 0 saturated heterocycles. The van der Waals surface area contributed by atoms with Crippen LogP contribution in [0.25, 0.3) is 0 Å². The number of hydrogen-bond donors (Lipinski definition) is 1. The zero-order chi connectivity index (χ0) is 15.7. The van der Waals surface area contributed by atoms with E-state index >= 15 is 0 Å². The average molecular weight is 292 g/mol. The van der Waals surface area contributed by atoms with Gasteiger partial charge in [0.25, 0.3) is 0 Å². The summed E-state index contributed by atoms with van der Waals surface area (Å²) in [7, 11) is 1.61. The number of hydrogen-bond acceptors (Lipinski definition) is 5. The minimum absolute atomic E-state index is 0.00807. The van der Waals surface area contributed by atoms with Crippen molar-refractivity contribution < 1.29 is 19.1 Å². The predicted octanol–water partition coefficient (Wildman–Crippen LogP) is 0.367. The molecule has 0 saturated carbocycles. The Morgan fingerprint density at radius 3 is 2.38 bits per heavy atom. The third-order valence-corrected chi connectivity index (χ3v) is 2.60. The van der Waals surface area contributed by atoms with Crippen molar-refractivity contribution in [3.63, 3.8) is 0 Å². The summed E-state index contributed by atoms with van der Waals surface area (Å²) >= 11 is 0. The maximum absolute atomic E-state index is 11.7. The maximum atomic E-state index is 11.7. The first kappa shape index (κ1) is 16.8. The van der Waals surface area contributed by atoms with E-state index in [-0.39, 0.29) is 25.4 Å². The van der Waals surface area contributed by atoms with Crippen molar-refractivity contribution in [1.82, 2.24) is 10.2 Å². The summed E-state index contributed by atoms with van der Waals surface area (Å²) in [6.07, 6.45) is 0.147. The van der Waals surface area contributed by atoms with E-state index in [4.69, 9.17) is 4.74 Å². The molecule has 1 aromatic carbocycles. The lowest BCUT2D eigenvalue weighted by Crippen LogP contribution is -2.41. The van der Waals surface area contributed by atoms with Crippen LogP contribution in [0.4, 0.5) is 0 Å². The molecule has 0 aliphatic rings. The fourth-order valence-electron chi connectivity index (χ4n) is 1.75. The Hall–Kier alpha value is -2.21. The minimum Gasteiger partial charge on any atom is -0.465 e. The summed E-state index contributed by atoms with van der Waals surface area (Å²) in [6, 6.07) is 9.15. The molecule has 1 rings (SSSR count). The van der Waals surface area contributed by atoms with Crippen molar-refractivity contribution in [2.24, 2.45) is 0 Å². The predicted molar refractivity (Wildman–Crippen MR) is 77.4 cm³/mol. The van der Waals surface area contributed by atoms with Gasteiger partial charge in [-0.05, 0) is 19.5 Å². The third kappa shape index (κ3) is 7.22. The van der Waals surface area contributed by atoms with E-state index in [1.165, 1.54) is 4.90 Å². The van der Waals surface area contributed by atoms with Gasteiger partial charge in [-0.3, -0.25) is 24.6 Å². The van der Waals surface area contributed by atoms with Crippen LogP contribution in [0.3, 0.4) is 0 Å². The van der Waals surface area contributed by atoms with Crippen LogP contribution in [-0.2, 0) is 25.5 Å². The van der Waals surface area contributed by atoms with Crippen LogP contribution < -0.4 is 5.32 Å². The summed E-state index contributed by atoms with van der Waals surface area (Å²) in [5.41, 5.74) is 0.836. The number of ether oxygens (including phenoxy) is 1. The SMILES string of the molecule is CCOC(=O)CN(C)CC(=O)NC(=O)Cc1ccccc1. The molecule has 6 nitrogen and oxygen atoms in total. The molecular weight excluding hydrogens is 272 g/mol. The highest BCUT2D eigenvalue weighted by Gasteiger charge is 2.13. The molecule has 6 heteroatoms. The van der Waals surface area contributed by atoms with Crippen LogP contribution in [0.15, 0.2) is 30.3 Å². The maximum Gasteiger partial charge on any atom is 0.320 e. The summed E-state index contributed by atoms with van der Waals surface area (Å²) in [6.45, 7) is 1.98. The van der Waals surface area contributed by atoms with Crippen molar-refractivity contribution >= 4 is 17.8 Å². The number of likely N-dealkylation sites (N-methyl/N-ethyl adjacent to an activating group) is 1. The summed E-state index contributed by atoms with van der Waals surface area (Å²) in [5.74, 6) is -1.21. The molecule has 0 aliphatic carbocycles. The lowest BCUT2D eigenvalue weighted by atomic mass is 10.1. The lowest BCUT2D eigenvalue weighted by Gasteiger charge is -2.14. The zero-order valence-corrected chi connectivity index (χ0v) is 12.3. The standard InChI is InChI=1S/C15H20N2O4/c1-3-21-15(20)11-17(2)10-14(19)16-13(18)9-12-7-5-4-6-8-12/h4-8H,3,9-11H2,1-2H3,(H,16,18,19). The van der Waals surface area contributed by atoms with Crippen molar-refractivity contribution in [3.05, 3.63) is 35.9 Å². The van der Waals surface area contributed by atoms with Crippen LogP contribution in [-0.4, -0.2) is 49.4 Å². The van der Waals surface area contributed by atoms with Crippen molar-refractivity contribution in [2.75, 3.05) is 26.7 Å². The van der Waals surface area contributed by atoms with Gasteiger partial charge >= 0.3 is 5.97 Å². The molecule has 0 heterocycles. The molecule has 114 valence electrons. The molecule has 0 spiro atoms. The second-order valence-electron chi connectivity index (χ2n) is 4.61. The smallest absolute Gasteiger partial charge is 0.320 e. The normalized spacial score (nSPS) is 10.2. The van der Waals surface area contributed by atoms with Gasteiger partial charge in [-0.15, -0.1) is 0 Å². The third-order valence-electron chi connectivity index (χ3n) is 2.60. The quantitative estimate of drug-likeness (QED) is 0.735. The fourth-order valence-corrected chi connectivity index (χ4v) is 1.75. The molecule has 0 aliphatic heterocycles. The lowest BCUT2D eigenvalue weighted by molar-refractivity contribution is -0.144. The second-order valence-corrected chi connectivity index (χ2v) is 4.61. The van der Waals surface area contributed by atoms with Crippen LogP contribution in [0.2, 0.25) is 0 Å². The molecule has 2 amide bonds. The fraction of sp³-hybridized carbons (Fsp3) is 0.400. The Morgan fingerprint density at radius 1 is 1.10 bits per heavy atom. The van der Waals surface area contributed by atoms with Crippen LogP contribution in [0.5, 0.6) is 0 Å². The number of amides is 2. The van der Waals surface area contributed by atoms with Gasteiger partial charge in [0.05, 0.1) is 26.1 Å². The van der Waals surface area contributed by atoms with Crippen molar-refractivity contribution in [3.8, 4) is 0 Å². The van der Waals surface area contributed by atoms with E-state index in [1.54, 1.807) is 14.0 Å². The summed E-state index contributed by atoms with van der Waals surface area (Å²) in [5, 5.41) is 2.29. The number of rotatable bonds is 7. The topological polar surface area (TPSA) is 75.7 Å². The molecule has 1 N–H and O–H groups in total. The number of esters is 1. The second kappa shape index (κ2) is 8.86. The Morgan fingerprint density at radius 2 is 1.76 bits per heavy atom. The number of imide groups is 1. The number of benzene rings is 1. The first-order valence-corrected chi connectivity index (χ1v) is 6.72. The Kier molecular flexibility index (Phi) is 7.11. The van der Waals surface area contributed by atoms with Gasteiger partial charge in [-0.1, -0.05) is 30.3 Å². The number of nitrogens with one attached hydrogen (secondary N) is 1. The zero-order valence-electron chi connectivity index (χ0n) is 12.3. The van der Waals surface area contributed by atoms with Crippen molar-refractivity contribution in [1.29, 1.82) is 0 Å². The molecule has 21 heavy (non-hydrogen) atoms. The first-order valence-electron chi connectivity index (χ1n) is 6.72. The van der Waals surface area contributed by atoms with Gasteiger partial charge in [0.2, 0.25) is 11.8 Å². The Labute approximate surface area is 124 Å². The van der Waals surface area contributed by atoms with E-state index in [9.17, 15) is 14.4 Å². The van der Waals surface area contributed by atoms with Crippen LogP contribution >= 0.6 is 0 Å².